The van der Waals surface area contributed by atoms with Crippen molar-refractivity contribution in [3.8, 4) is 11.8 Å². The Morgan fingerprint density at radius 3 is 2.48 bits per heavy atom. The van der Waals surface area contributed by atoms with Crippen molar-refractivity contribution in [2.75, 3.05) is 5.32 Å². The molecule has 0 heterocycles. The van der Waals surface area contributed by atoms with E-state index in [1.807, 2.05) is 80.6 Å². The van der Waals surface area contributed by atoms with Crippen molar-refractivity contribution in [3.63, 3.8) is 0 Å². The lowest BCUT2D eigenvalue weighted by atomic mass is 10.1. The van der Waals surface area contributed by atoms with E-state index in [0.29, 0.717) is 17.3 Å². The first-order valence-corrected chi connectivity index (χ1v) is 11.0. The largest absolute Gasteiger partial charge is 0.488 e. The third-order valence-electron chi connectivity index (χ3n) is 4.70. The number of benzene rings is 3. The molecule has 6 heteroatoms. The topological polar surface area (TPSA) is 62.1 Å². The number of carbonyl (C=O) groups excluding carboxylic acids is 1. The fourth-order valence-corrected chi connectivity index (χ4v) is 3.62. The second-order valence-corrected chi connectivity index (χ2v) is 8.63. The van der Waals surface area contributed by atoms with E-state index < -0.39 is 5.91 Å². The van der Waals surface area contributed by atoms with Crippen LogP contribution in [0.3, 0.4) is 0 Å². The fraction of sp³-hybridized carbons (Fsp3) is 0.120. The van der Waals surface area contributed by atoms with Crippen molar-refractivity contribution in [2.45, 2.75) is 20.5 Å². The van der Waals surface area contributed by atoms with E-state index in [4.69, 9.17) is 16.3 Å². The molecule has 3 aromatic rings. The molecule has 1 amide bonds. The number of rotatable bonds is 6. The van der Waals surface area contributed by atoms with Gasteiger partial charge in [0.15, 0.2) is 0 Å². The minimum absolute atomic E-state index is 0.0314. The number of carbonyl (C=O) groups is 1. The highest BCUT2D eigenvalue weighted by Crippen LogP contribution is 2.25. The van der Waals surface area contributed by atoms with Gasteiger partial charge in [0.05, 0.1) is 3.57 Å². The minimum atomic E-state index is -0.441. The Balaban J connectivity index is 1.70. The lowest BCUT2D eigenvalue weighted by Crippen LogP contribution is -2.13. The highest BCUT2D eigenvalue weighted by Gasteiger charge is 2.11. The molecule has 0 saturated carbocycles. The molecule has 156 valence electrons. The van der Waals surface area contributed by atoms with Gasteiger partial charge in [-0.1, -0.05) is 35.9 Å². The summed E-state index contributed by atoms with van der Waals surface area (Å²) < 4.78 is 6.76. The van der Waals surface area contributed by atoms with E-state index in [1.165, 1.54) is 0 Å². The molecule has 3 rings (SSSR count). The van der Waals surface area contributed by atoms with Crippen molar-refractivity contribution in [3.05, 3.63) is 97.1 Å². The highest BCUT2D eigenvalue weighted by atomic mass is 127. The maximum absolute atomic E-state index is 12.5. The molecule has 0 atom stereocenters. The second kappa shape index (κ2) is 10.5. The number of nitriles is 1. The zero-order chi connectivity index (χ0) is 22.4. The Morgan fingerprint density at radius 2 is 1.84 bits per heavy atom. The molecular weight excluding hydrogens is 523 g/mol. The molecule has 0 aliphatic rings. The van der Waals surface area contributed by atoms with Crippen molar-refractivity contribution in [1.29, 1.82) is 5.26 Å². The van der Waals surface area contributed by atoms with E-state index in [2.05, 4.69) is 27.9 Å². The third-order valence-corrected chi connectivity index (χ3v) is 5.80. The summed E-state index contributed by atoms with van der Waals surface area (Å²) in [7, 11) is 0. The fourth-order valence-electron chi connectivity index (χ4n) is 2.80. The third kappa shape index (κ3) is 6.33. The number of nitrogens with zero attached hydrogens (tertiary/aromatic N) is 1. The quantitative estimate of drug-likeness (QED) is 0.215. The Bertz CT molecular complexity index is 1180. The Kier molecular flexibility index (Phi) is 7.72. The van der Waals surface area contributed by atoms with Gasteiger partial charge in [-0.25, -0.2) is 0 Å². The number of aryl methyl sites for hydroxylation is 2. The van der Waals surface area contributed by atoms with Crippen molar-refractivity contribution < 1.29 is 9.53 Å². The molecule has 3 aromatic carbocycles. The number of hydrogen-bond acceptors (Lipinski definition) is 3. The standard InChI is InChI=1S/C25H20ClIN2O2/c1-16-3-9-22(11-17(16)2)29-25(30)20(14-28)12-19-6-10-24(23(27)13-19)31-15-18-4-7-21(26)8-5-18/h3-13H,15H2,1-2H3,(H,29,30)/b20-12+. The summed E-state index contributed by atoms with van der Waals surface area (Å²) in [5, 5.41) is 12.9. The summed E-state index contributed by atoms with van der Waals surface area (Å²) in [5.41, 5.74) is 4.67. The lowest BCUT2D eigenvalue weighted by molar-refractivity contribution is -0.112. The zero-order valence-electron chi connectivity index (χ0n) is 17.1. The Labute approximate surface area is 200 Å². The zero-order valence-corrected chi connectivity index (χ0v) is 20.0. The van der Waals surface area contributed by atoms with Crippen LogP contribution < -0.4 is 10.1 Å². The van der Waals surface area contributed by atoms with Gasteiger partial charge in [-0.2, -0.15) is 5.26 Å². The van der Waals surface area contributed by atoms with E-state index in [-0.39, 0.29) is 5.57 Å². The first-order chi connectivity index (χ1) is 14.9. The Hall–Kier alpha value is -2.82. The average Bonchev–Trinajstić information content (AvgIpc) is 2.75. The van der Waals surface area contributed by atoms with Crippen LogP contribution in [0, 0.1) is 28.7 Å². The van der Waals surface area contributed by atoms with Crippen LogP contribution in [0.2, 0.25) is 5.02 Å². The predicted molar refractivity (Wildman–Crippen MR) is 133 cm³/mol. The lowest BCUT2D eigenvalue weighted by Gasteiger charge is -2.10. The van der Waals surface area contributed by atoms with Crippen LogP contribution in [0.5, 0.6) is 5.75 Å². The molecule has 31 heavy (non-hydrogen) atoms. The summed E-state index contributed by atoms with van der Waals surface area (Å²) >= 11 is 8.08. The molecule has 0 radical (unpaired) electrons. The molecule has 0 bridgehead atoms. The second-order valence-electron chi connectivity index (χ2n) is 7.03. The van der Waals surface area contributed by atoms with Crippen LogP contribution in [0.1, 0.15) is 22.3 Å². The van der Waals surface area contributed by atoms with E-state index >= 15 is 0 Å². The van der Waals surface area contributed by atoms with Crippen LogP contribution >= 0.6 is 34.2 Å². The normalized spacial score (nSPS) is 11.0. The molecular formula is C25H20ClIN2O2. The van der Waals surface area contributed by atoms with E-state index in [0.717, 1.165) is 31.6 Å². The molecule has 0 aliphatic heterocycles. The van der Waals surface area contributed by atoms with Gasteiger partial charge in [-0.05, 0) is 101 Å². The van der Waals surface area contributed by atoms with Gasteiger partial charge < -0.3 is 10.1 Å². The summed E-state index contributed by atoms with van der Waals surface area (Å²) in [6.07, 6.45) is 1.57. The number of ether oxygens (including phenoxy) is 1. The van der Waals surface area contributed by atoms with Crippen molar-refractivity contribution in [1.82, 2.24) is 0 Å². The number of halogens is 2. The van der Waals surface area contributed by atoms with Crippen LogP contribution in [-0.2, 0) is 11.4 Å². The maximum Gasteiger partial charge on any atom is 0.266 e. The first kappa shape index (κ1) is 22.9. The van der Waals surface area contributed by atoms with Crippen molar-refractivity contribution >= 4 is 51.9 Å². The van der Waals surface area contributed by atoms with E-state index in [1.54, 1.807) is 6.08 Å². The maximum atomic E-state index is 12.5. The highest BCUT2D eigenvalue weighted by molar-refractivity contribution is 14.1. The summed E-state index contributed by atoms with van der Waals surface area (Å²) in [6.45, 7) is 4.40. The minimum Gasteiger partial charge on any atom is -0.488 e. The number of amides is 1. The van der Waals surface area contributed by atoms with Gasteiger partial charge in [-0.15, -0.1) is 0 Å². The average molecular weight is 543 g/mol. The number of nitrogens with one attached hydrogen (secondary N) is 1. The summed E-state index contributed by atoms with van der Waals surface area (Å²) in [5.74, 6) is 0.287. The van der Waals surface area contributed by atoms with E-state index in [9.17, 15) is 10.1 Å². The van der Waals surface area contributed by atoms with Gasteiger partial charge in [0.2, 0.25) is 0 Å². The monoisotopic (exact) mass is 542 g/mol. The van der Waals surface area contributed by atoms with Gasteiger partial charge in [0, 0.05) is 10.7 Å². The molecule has 0 aliphatic carbocycles. The van der Waals surface area contributed by atoms with Crippen LogP contribution in [0.4, 0.5) is 5.69 Å². The molecule has 0 fully saturated rings. The molecule has 0 saturated heterocycles. The molecule has 0 aromatic heterocycles. The molecule has 0 spiro atoms. The summed E-state index contributed by atoms with van der Waals surface area (Å²) in [6, 6.07) is 20.6. The Morgan fingerprint density at radius 1 is 1.10 bits per heavy atom. The van der Waals surface area contributed by atoms with Gasteiger partial charge in [0.1, 0.15) is 24.0 Å². The van der Waals surface area contributed by atoms with Crippen LogP contribution in [0.15, 0.2) is 66.2 Å². The van der Waals surface area contributed by atoms with Gasteiger partial charge in [0.25, 0.3) is 5.91 Å². The van der Waals surface area contributed by atoms with Gasteiger partial charge >= 0.3 is 0 Å². The molecule has 0 unspecified atom stereocenters. The van der Waals surface area contributed by atoms with Crippen molar-refractivity contribution in [2.24, 2.45) is 0 Å². The predicted octanol–water partition coefficient (Wildman–Crippen LogP) is 6.69. The summed E-state index contributed by atoms with van der Waals surface area (Å²) in [4.78, 5) is 12.5. The molecule has 1 N–H and O–H groups in total. The molecule has 4 nitrogen and oxygen atoms in total. The van der Waals surface area contributed by atoms with Crippen LogP contribution in [0.25, 0.3) is 6.08 Å². The smallest absolute Gasteiger partial charge is 0.266 e. The SMILES string of the molecule is Cc1ccc(NC(=O)/C(C#N)=C/c2ccc(OCc3ccc(Cl)cc3)c(I)c2)cc1C. The number of hydrogen-bond donors (Lipinski definition) is 1. The van der Waals surface area contributed by atoms with Crippen LogP contribution in [-0.4, -0.2) is 5.91 Å². The first-order valence-electron chi connectivity index (χ1n) is 9.53. The number of anilines is 1. The van der Waals surface area contributed by atoms with Gasteiger partial charge in [-0.3, -0.25) is 4.79 Å².